The van der Waals surface area contributed by atoms with Crippen molar-refractivity contribution in [1.29, 1.82) is 0 Å². The summed E-state index contributed by atoms with van der Waals surface area (Å²) in [6, 6.07) is 0. The third-order valence-corrected chi connectivity index (χ3v) is 3.04. The molecule has 0 aliphatic carbocycles. The van der Waals surface area contributed by atoms with Crippen LogP contribution in [0.1, 0.15) is 19.0 Å². The molecule has 1 fully saturated rings. The first-order valence-corrected chi connectivity index (χ1v) is 5.26. The van der Waals surface area contributed by atoms with Gasteiger partial charge in [-0.25, -0.2) is 0 Å². The second kappa shape index (κ2) is 3.32. The zero-order valence-corrected chi connectivity index (χ0v) is 8.42. The molecule has 0 saturated carbocycles. The molecule has 0 bridgehead atoms. The van der Waals surface area contributed by atoms with Crippen molar-refractivity contribution in [2.45, 2.75) is 25.5 Å². The Balaban J connectivity index is 1.82. The van der Waals surface area contributed by atoms with Crippen molar-refractivity contribution in [3.63, 3.8) is 0 Å². The van der Waals surface area contributed by atoms with Gasteiger partial charge in [-0.1, -0.05) is 11.4 Å². The summed E-state index contributed by atoms with van der Waals surface area (Å²) in [6.07, 6.45) is 0.832. The van der Waals surface area contributed by atoms with E-state index in [1.54, 1.807) is 0 Å². The monoisotopic (exact) mass is 199 g/mol. The number of likely N-dealkylation sites (tertiary alicyclic amines) is 1. The van der Waals surface area contributed by atoms with Gasteiger partial charge in [-0.2, -0.15) is 0 Å². The van der Waals surface area contributed by atoms with Crippen LogP contribution in [-0.2, 0) is 6.54 Å². The molecule has 2 rings (SSSR count). The maximum atomic E-state index is 9.74. The van der Waals surface area contributed by atoms with Crippen molar-refractivity contribution >= 4 is 11.5 Å². The zero-order valence-electron chi connectivity index (χ0n) is 7.60. The number of aromatic nitrogens is 2. The third-order valence-electron chi connectivity index (χ3n) is 2.48. The van der Waals surface area contributed by atoms with E-state index >= 15 is 0 Å². The predicted octanol–water partition coefficient (Wildman–Crippen LogP) is 0.495. The summed E-state index contributed by atoms with van der Waals surface area (Å²) in [7, 11) is 0. The number of β-amino-alcohol motifs (C(OH)–C–C–N with tert-alkyl or cyclic N) is 1. The van der Waals surface area contributed by atoms with E-state index in [-0.39, 0.29) is 0 Å². The average molecular weight is 199 g/mol. The molecule has 5 heteroatoms. The summed E-state index contributed by atoms with van der Waals surface area (Å²) >= 11 is 1.37. The van der Waals surface area contributed by atoms with Gasteiger partial charge in [-0.3, -0.25) is 4.90 Å². The summed E-state index contributed by atoms with van der Waals surface area (Å²) in [5, 5.41) is 15.6. The molecule has 1 aromatic rings. The number of hydrogen-bond donors (Lipinski definition) is 1. The van der Waals surface area contributed by atoms with E-state index in [1.807, 2.05) is 12.3 Å². The smallest absolute Gasteiger partial charge is 0.0897 e. The van der Waals surface area contributed by atoms with Crippen LogP contribution < -0.4 is 0 Å². The summed E-state index contributed by atoms with van der Waals surface area (Å²) in [4.78, 5) is 2.18. The Kier molecular flexibility index (Phi) is 2.31. The van der Waals surface area contributed by atoms with Crippen molar-refractivity contribution in [3.05, 3.63) is 11.1 Å². The van der Waals surface area contributed by atoms with Crippen molar-refractivity contribution in [3.8, 4) is 0 Å². The highest BCUT2D eigenvalue weighted by Gasteiger charge is 2.39. The van der Waals surface area contributed by atoms with E-state index in [2.05, 4.69) is 14.5 Å². The summed E-state index contributed by atoms with van der Waals surface area (Å²) in [5.41, 5.74) is 0.562. The van der Waals surface area contributed by atoms with Crippen molar-refractivity contribution in [2.24, 2.45) is 0 Å². The Morgan fingerprint density at radius 1 is 1.69 bits per heavy atom. The molecule has 0 unspecified atom stereocenters. The van der Waals surface area contributed by atoms with Gasteiger partial charge in [0.1, 0.15) is 0 Å². The molecular weight excluding hydrogens is 186 g/mol. The van der Waals surface area contributed by atoms with Crippen LogP contribution in [0.2, 0.25) is 0 Å². The Bertz CT molecular complexity index is 269. The molecule has 0 aromatic carbocycles. The van der Waals surface area contributed by atoms with Crippen LogP contribution in [0.5, 0.6) is 0 Å². The van der Waals surface area contributed by atoms with Gasteiger partial charge in [-0.15, -0.1) is 5.10 Å². The van der Waals surface area contributed by atoms with E-state index in [0.717, 1.165) is 31.7 Å². The van der Waals surface area contributed by atoms with Crippen LogP contribution >= 0.6 is 11.5 Å². The Morgan fingerprint density at radius 3 is 3.00 bits per heavy atom. The van der Waals surface area contributed by atoms with Crippen LogP contribution in [0, 0.1) is 0 Å². The topological polar surface area (TPSA) is 49.2 Å². The highest BCUT2D eigenvalue weighted by atomic mass is 32.1. The molecule has 1 aromatic heterocycles. The molecule has 1 saturated heterocycles. The summed E-state index contributed by atoms with van der Waals surface area (Å²) in [6.45, 7) is 4.36. The lowest BCUT2D eigenvalue weighted by molar-refractivity contribution is -0.103. The zero-order chi connectivity index (χ0) is 9.31. The first-order valence-electron chi connectivity index (χ1n) is 4.42. The van der Waals surface area contributed by atoms with Crippen LogP contribution in [0.25, 0.3) is 0 Å². The Hall–Kier alpha value is -0.520. The standard InChI is InChI=1S/C8H13N3OS/c1-2-8(12)5-11(6-8)3-7-4-13-10-9-7/h4,12H,2-3,5-6H2,1H3. The highest BCUT2D eigenvalue weighted by molar-refractivity contribution is 7.03. The van der Waals surface area contributed by atoms with Crippen LogP contribution in [0.3, 0.4) is 0 Å². The molecule has 1 N–H and O–H groups in total. The second-order valence-electron chi connectivity index (χ2n) is 3.62. The van der Waals surface area contributed by atoms with Gasteiger partial charge in [0.2, 0.25) is 0 Å². The van der Waals surface area contributed by atoms with Gasteiger partial charge in [0.05, 0.1) is 11.3 Å². The van der Waals surface area contributed by atoms with E-state index in [1.165, 1.54) is 11.5 Å². The highest BCUT2D eigenvalue weighted by Crippen LogP contribution is 2.25. The molecular formula is C8H13N3OS. The van der Waals surface area contributed by atoms with Crippen molar-refractivity contribution in [2.75, 3.05) is 13.1 Å². The lowest BCUT2D eigenvalue weighted by Crippen LogP contribution is -2.60. The van der Waals surface area contributed by atoms with Gasteiger partial charge in [0.15, 0.2) is 0 Å². The van der Waals surface area contributed by atoms with Crippen LogP contribution in [0.4, 0.5) is 0 Å². The number of hydrogen-bond acceptors (Lipinski definition) is 5. The molecule has 0 spiro atoms. The average Bonchev–Trinajstić information content (AvgIpc) is 2.54. The molecule has 0 atom stereocenters. The third kappa shape index (κ3) is 1.87. The van der Waals surface area contributed by atoms with E-state index in [9.17, 15) is 5.11 Å². The maximum Gasteiger partial charge on any atom is 0.0897 e. The minimum atomic E-state index is -0.441. The molecule has 2 heterocycles. The second-order valence-corrected chi connectivity index (χ2v) is 4.23. The first kappa shape index (κ1) is 9.05. The van der Waals surface area contributed by atoms with Gasteiger partial charge in [-0.05, 0) is 18.0 Å². The first-order chi connectivity index (χ1) is 6.22. The van der Waals surface area contributed by atoms with Crippen molar-refractivity contribution < 1.29 is 5.11 Å². The quantitative estimate of drug-likeness (QED) is 0.770. The molecule has 4 nitrogen and oxygen atoms in total. The lowest BCUT2D eigenvalue weighted by atomic mass is 9.91. The van der Waals surface area contributed by atoms with Gasteiger partial charge < -0.3 is 5.11 Å². The SMILES string of the molecule is CCC1(O)CN(Cc2csnn2)C1. The van der Waals surface area contributed by atoms with Gasteiger partial charge in [0.25, 0.3) is 0 Å². The van der Waals surface area contributed by atoms with Crippen molar-refractivity contribution in [1.82, 2.24) is 14.5 Å². The molecule has 72 valence electrons. The Labute approximate surface area is 81.4 Å². The maximum absolute atomic E-state index is 9.74. The van der Waals surface area contributed by atoms with Gasteiger partial charge in [0, 0.05) is 25.0 Å². The van der Waals surface area contributed by atoms with Gasteiger partial charge >= 0.3 is 0 Å². The van der Waals surface area contributed by atoms with E-state index in [0.29, 0.717) is 0 Å². The summed E-state index contributed by atoms with van der Waals surface area (Å²) < 4.78 is 3.79. The van der Waals surface area contributed by atoms with E-state index in [4.69, 9.17) is 0 Å². The number of aliphatic hydroxyl groups is 1. The molecule has 1 aliphatic heterocycles. The fourth-order valence-electron chi connectivity index (χ4n) is 1.60. The Morgan fingerprint density at radius 2 is 2.46 bits per heavy atom. The number of nitrogens with zero attached hydrogens (tertiary/aromatic N) is 3. The normalized spacial score (nSPS) is 21.4. The molecule has 0 radical (unpaired) electrons. The lowest BCUT2D eigenvalue weighted by Gasteiger charge is -2.45. The fraction of sp³-hybridized carbons (Fsp3) is 0.750. The van der Waals surface area contributed by atoms with Crippen LogP contribution in [0.15, 0.2) is 5.38 Å². The summed E-state index contributed by atoms with van der Waals surface area (Å²) in [5.74, 6) is 0. The molecule has 1 aliphatic rings. The molecule has 0 amide bonds. The van der Waals surface area contributed by atoms with E-state index < -0.39 is 5.60 Å². The minimum Gasteiger partial charge on any atom is -0.387 e. The minimum absolute atomic E-state index is 0.441. The fourth-order valence-corrected chi connectivity index (χ4v) is 2.05. The largest absolute Gasteiger partial charge is 0.387 e. The molecule has 13 heavy (non-hydrogen) atoms. The predicted molar refractivity (Wildman–Crippen MR) is 50.4 cm³/mol. The van der Waals surface area contributed by atoms with Crippen LogP contribution in [-0.4, -0.2) is 38.3 Å². The number of rotatable bonds is 3.